The van der Waals surface area contributed by atoms with Crippen LogP contribution in [-0.4, -0.2) is 31.6 Å². The number of fused-ring (bicyclic) bond motifs is 3. The van der Waals surface area contributed by atoms with Crippen molar-refractivity contribution in [1.82, 2.24) is 20.2 Å². The molecule has 2 heterocycles. The molecule has 0 fully saturated rings. The largest absolute Gasteiger partial charge is 0.289 e. The summed E-state index contributed by atoms with van der Waals surface area (Å²) in [6.07, 6.45) is 1.40. The number of hydrogen-bond acceptors (Lipinski definition) is 5. The molecule has 7 heteroatoms. The number of aromatic nitrogens is 3. The van der Waals surface area contributed by atoms with Crippen LogP contribution < -0.4 is 5.48 Å². The van der Waals surface area contributed by atoms with Crippen LogP contribution in [0.25, 0.3) is 5.69 Å². The third-order valence-electron chi connectivity index (χ3n) is 4.87. The average molecular weight is 399 g/mol. The fraction of sp³-hybridized carbons (Fsp3) is 0.217. The number of aryl methyl sites for hydroxylation is 1. The first kappa shape index (κ1) is 19.6. The molecule has 0 aliphatic carbocycles. The first-order valence-corrected chi connectivity index (χ1v) is 9.74. The minimum absolute atomic E-state index is 0.246. The third-order valence-corrected chi connectivity index (χ3v) is 4.87. The van der Waals surface area contributed by atoms with Gasteiger partial charge >= 0.3 is 0 Å². The van der Waals surface area contributed by atoms with Crippen molar-refractivity contribution in [2.24, 2.45) is 4.99 Å². The maximum Gasteiger partial charge on any atom is 0.243 e. The van der Waals surface area contributed by atoms with Crippen LogP contribution >= 0.6 is 0 Å². The molecule has 2 aromatic carbocycles. The molecule has 7 nitrogen and oxygen atoms in total. The number of hydrogen-bond donors (Lipinski definition) is 2. The Kier molecular flexibility index (Phi) is 5.68. The zero-order valence-electron chi connectivity index (χ0n) is 16.6. The highest BCUT2D eigenvalue weighted by atomic mass is 16.5. The van der Waals surface area contributed by atoms with E-state index in [0.29, 0.717) is 19.4 Å². The highest BCUT2D eigenvalue weighted by Crippen LogP contribution is 2.26. The van der Waals surface area contributed by atoms with Gasteiger partial charge in [0.25, 0.3) is 0 Å². The summed E-state index contributed by atoms with van der Waals surface area (Å²) in [5.41, 5.74) is 6.41. The van der Waals surface area contributed by atoms with E-state index < -0.39 is 5.91 Å². The minimum Gasteiger partial charge on any atom is -0.289 e. The predicted octanol–water partition coefficient (Wildman–Crippen LogP) is 2.95. The number of amides is 1. The normalized spacial score (nSPS) is 12.0. The van der Waals surface area contributed by atoms with E-state index in [9.17, 15) is 4.79 Å². The van der Waals surface area contributed by atoms with Gasteiger partial charge in [0.2, 0.25) is 5.91 Å². The van der Waals surface area contributed by atoms with Crippen molar-refractivity contribution < 1.29 is 10.0 Å². The van der Waals surface area contributed by atoms with Crippen LogP contribution in [-0.2, 0) is 11.3 Å². The van der Waals surface area contributed by atoms with E-state index in [1.807, 2.05) is 60.0 Å². The topological polar surface area (TPSA) is 92.4 Å². The Bertz CT molecular complexity index is 1170. The Hall–Kier alpha value is -3.76. The molecule has 1 aliphatic heterocycles. The van der Waals surface area contributed by atoms with Crippen LogP contribution in [0.4, 0.5) is 0 Å². The van der Waals surface area contributed by atoms with E-state index in [1.54, 1.807) is 5.48 Å². The van der Waals surface area contributed by atoms with Gasteiger partial charge in [0.1, 0.15) is 12.4 Å². The van der Waals surface area contributed by atoms with Crippen LogP contribution in [0.3, 0.4) is 0 Å². The molecular weight excluding hydrogens is 378 g/mol. The van der Waals surface area contributed by atoms with Crippen molar-refractivity contribution in [2.45, 2.75) is 32.7 Å². The molecule has 1 amide bonds. The number of nitrogens with one attached hydrogen (secondary N) is 1. The number of benzene rings is 2. The van der Waals surface area contributed by atoms with E-state index in [-0.39, 0.29) is 6.42 Å². The molecule has 0 saturated carbocycles. The maximum absolute atomic E-state index is 11.1. The van der Waals surface area contributed by atoms with Gasteiger partial charge in [-0.1, -0.05) is 42.2 Å². The molecule has 0 unspecified atom stereocenters. The molecule has 2 N–H and O–H groups in total. The second kappa shape index (κ2) is 8.72. The summed E-state index contributed by atoms with van der Waals surface area (Å²) >= 11 is 0. The molecule has 0 atom stereocenters. The molecule has 150 valence electrons. The number of unbranched alkanes of at least 4 members (excludes halogenated alkanes) is 1. The lowest BCUT2D eigenvalue weighted by molar-refractivity contribution is -0.129. The molecule has 0 bridgehead atoms. The molecule has 0 spiro atoms. The van der Waals surface area contributed by atoms with E-state index >= 15 is 0 Å². The zero-order chi connectivity index (χ0) is 20.9. The van der Waals surface area contributed by atoms with Crippen molar-refractivity contribution in [1.29, 1.82) is 0 Å². The smallest absolute Gasteiger partial charge is 0.243 e. The first-order chi connectivity index (χ1) is 14.7. The molecule has 1 aliphatic rings. The highest BCUT2D eigenvalue weighted by Gasteiger charge is 2.21. The summed E-state index contributed by atoms with van der Waals surface area (Å²) in [7, 11) is 0. The Balaban J connectivity index is 1.70. The first-order valence-electron chi connectivity index (χ1n) is 9.74. The molecule has 0 radical (unpaired) electrons. The van der Waals surface area contributed by atoms with Gasteiger partial charge in [0.05, 0.1) is 11.4 Å². The molecule has 30 heavy (non-hydrogen) atoms. The Labute approximate surface area is 174 Å². The fourth-order valence-electron chi connectivity index (χ4n) is 3.46. The molecule has 3 aromatic rings. The van der Waals surface area contributed by atoms with Crippen LogP contribution in [0, 0.1) is 18.8 Å². The Morgan fingerprint density at radius 1 is 1.20 bits per heavy atom. The number of nitrogens with zero attached hydrogens (tertiary/aromatic N) is 4. The monoisotopic (exact) mass is 399 g/mol. The summed E-state index contributed by atoms with van der Waals surface area (Å²) in [5.74, 6) is 7.50. The van der Waals surface area contributed by atoms with Gasteiger partial charge < -0.3 is 0 Å². The fourth-order valence-corrected chi connectivity index (χ4v) is 3.46. The lowest BCUT2D eigenvalue weighted by Gasteiger charge is -2.13. The van der Waals surface area contributed by atoms with E-state index in [1.165, 1.54) is 0 Å². The quantitative estimate of drug-likeness (QED) is 0.305. The average Bonchev–Trinajstić information content (AvgIpc) is 3.05. The third kappa shape index (κ3) is 4.00. The summed E-state index contributed by atoms with van der Waals surface area (Å²) in [6.45, 7) is 2.39. The van der Waals surface area contributed by atoms with E-state index in [2.05, 4.69) is 22.0 Å². The zero-order valence-corrected chi connectivity index (χ0v) is 16.6. The summed E-state index contributed by atoms with van der Waals surface area (Å²) in [5, 5.41) is 17.0. The number of hydroxylamine groups is 1. The van der Waals surface area contributed by atoms with Gasteiger partial charge in [-0.3, -0.25) is 19.6 Å². The Morgan fingerprint density at radius 3 is 2.83 bits per heavy atom. The van der Waals surface area contributed by atoms with Gasteiger partial charge in [-0.25, -0.2) is 5.48 Å². The van der Waals surface area contributed by atoms with Crippen LogP contribution in [0.2, 0.25) is 0 Å². The van der Waals surface area contributed by atoms with Crippen LogP contribution in [0.5, 0.6) is 0 Å². The van der Waals surface area contributed by atoms with Crippen molar-refractivity contribution in [3.05, 3.63) is 76.9 Å². The lowest BCUT2D eigenvalue weighted by Crippen LogP contribution is -2.17. The van der Waals surface area contributed by atoms with Crippen molar-refractivity contribution >= 4 is 11.6 Å². The summed E-state index contributed by atoms with van der Waals surface area (Å²) < 4.78 is 2.04. The van der Waals surface area contributed by atoms with E-state index in [0.717, 1.165) is 39.7 Å². The number of carbonyl (C=O) groups excluding carboxylic acids is 1. The maximum atomic E-state index is 11.1. The Morgan fingerprint density at radius 2 is 2.03 bits per heavy atom. The van der Waals surface area contributed by atoms with Gasteiger partial charge in [-0.2, -0.15) is 0 Å². The number of carbonyl (C=O) groups is 1. The second-order valence-electron chi connectivity index (χ2n) is 6.95. The van der Waals surface area contributed by atoms with Gasteiger partial charge in [0.15, 0.2) is 5.82 Å². The van der Waals surface area contributed by atoms with Gasteiger partial charge in [0, 0.05) is 29.5 Å². The van der Waals surface area contributed by atoms with Crippen LogP contribution in [0.1, 0.15) is 47.6 Å². The number of rotatable bonds is 4. The SMILES string of the molecule is Cc1nnc2n1-c1ccc(C#CCCCC(=O)NO)cc1C(c1ccccc1)=NC2. The lowest BCUT2D eigenvalue weighted by atomic mass is 9.98. The second-order valence-corrected chi connectivity index (χ2v) is 6.95. The molecule has 1 aromatic heterocycles. The van der Waals surface area contributed by atoms with Crippen molar-refractivity contribution in [2.75, 3.05) is 0 Å². The highest BCUT2D eigenvalue weighted by molar-refractivity contribution is 6.15. The van der Waals surface area contributed by atoms with Crippen molar-refractivity contribution in [3.8, 4) is 17.5 Å². The van der Waals surface area contributed by atoms with E-state index in [4.69, 9.17) is 10.2 Å². The molecule has 4 rings (SSSR count). The molecular formula is C23H21N5O2. The standard InChI is InChI=1S/C23H21N5O2/c1-16-25-26-21-15-24-23(18-9-5-3-6-10-18)19-14-17(12-13-20(19)28(16)21)8-4-2-7-11-22(29)27-30/h3,5-6,9-10,12-14,30H,2,7,11,15H2,1H3,(H,27,29). The predicted molar refractivity (Wildman–Crippen MR) is 113 cm³/mol. The summed E-state index contributed by atoms with van der Waals surface area (Å²) in [4.78, 5) is 15.9. The van der Waals surface area contributed by atoms with Crippen molar-refractivity contribution in [3.63, 3.8) is 0 Å². The summed E-state index contributed by atoms with van der Waals surface area (Å²) in [6, 6.07) is 16.1. The van der Waals surface area contributed by atoms with Gasteiger partial charge in [-0.05, 0) is 31.5 Å². The van der Waals surface area contributed by atoms with Gasteiger partial charge in [-0.15, -0.1) is 10.2 Å². The van der Waals surface area contributed by atoms with Crippen LogP contribution in [0.15, 0.2) is 53.5 Å². The minimum atomic E-state index is -0.398. The number of aliphatic imine (C=N–C) groups is 1. The molecule has 0 saturated heterocycles.